The van der Waals surface area contributed by atoms with E-state index in [9.17, 15) is 0 Å². The summed E-state index contributed by atoms with van der Waals surface area (Å²) in [6, 6.07) is 14.5. The molecule has 19 heavy (non-hydrogen) atoms. The Kier molecular flexibility index (Phi) is 3.73. The van der Waals surface area contributed by atoms with E-state index in [4.69, 9.17) is 10.00 Å². The zero-order valence-electron chi connectivity index (χ0n) is 11.5. The number of rotatable bonds is 4. The first-order chi connectivity index (χ1) is 9.04. The minimum absolute atomic E-state index is 0.505. The van der Waals surface area contributed by atoms with Crippen LogP contribution in [0.1, 0.15) is 19.4 Å². The van der Waals surface area contributed by atoms with Crippen molar-refractivity contribution in [3.63, 3.8) is 0 Å². The number of nitrogens with zero attached hydrogens (tertiary/aromatic N) is 1. The van der Waals surface area contributed by atoms with Crippen LogP contribution in [0, 0.1) is 11.3 Å². The summed E-state index contributed by atoms with van der Waals surface area (Å²) in [6.45, 7) is 4.43. The van der Waals surface area contributed by atoms with Gasteiger partial charge < -0.3 is 4.74 Å². The largest absolute Gasteiger partial charge is 0.497 e. The Morgan fingerprint density at radius 3 is 2.53 bits per heavy atom. The molecule has 2 aromatic carbocycles. The minimum atomic E-state index is -0.505. The summed E-state index contributed by atoms with van der Waals surface area (Å²) in [5.41, 5.74) is 0.662. The second kappa shape index (κ2) is 5.29. The van der Waals surface area contributed by atoms with Crippen molar-refractivity contribution in [1.29, 1.82) is 5.26 Å². The molecular weight excluding hydrogens is 236 g/mol. The average molecular weight is 254 g/mol. The van der Waals surface area contributed by atoms with E-state index in [0.29, 0.717) is 6.54 Å². The van der Waals surface area contributed by atoms with Crippen LogP contribution in [0.3, 0.4) is 0 Å². The number of methoxy groups -OCH3 is 1. The molecule has 3 heteroatoms. The Hall–Kier alpha value is -2.05. The van der Waals surface area contributed by atoms with Crippen LogP contribution in [0.2, 0.25) is 0 Å². The summed E-state index contributed by atoms with van der Waals surface area (Å²) < 4.78 is 5.21. The van der Waals surface area contributed by atoms with Crippen LogP contribution in [0.5, 0.6) is 5.75 Å². The maximum absolute atomic E-state index is 8.98. The molecule has 0 aliphatic rings. The number of ether oxygens (including phenoxy) is 1. The van der Waals surface area contributed by atoms with Crippen molar-refractivity contribution in [2.45, 2.75) is 25.9 Å². The maximum Gasteiger partial charge on any atom is 0.119 e. The lowest BCUT2D eigenvalue weighted by Crippen LogP contribution is -2.36. The van der Waals surface area contributed by atoms with E-state index in [-0.39, 0.29) is 0 Å². The summed E-state index contributed by atoms with van der Waals surface area (Å²) in [5, 5.41) is 14.5. The van der Waals surface area contributed by atoms with Crippen molar-refractivity contribution in [3.8, 4) is 11.8 Å². The van der Waals surface area contributed by atoms with Gasteiger partial charge in [-0.25, -0.2) is 0 Å². The number of hydrogen-bond donors (Lipinski definition) is 1. The van der Waals surface area contributed by atoms with Gasteiger partial charge in [-0.05, 0) is 48.4 Å². The SMILES string of the molecule is COc1ccc2cc(CNC(C)(C)C#N)ccc2c1. The van der Waals surface area contributed by atoms with Crippen LogP contribution in [0.25, 0.3) is 10.8 Å². The molecular formula is C16H18N2O. The molecule has 2 aromatic rings. The van der Waals surface area contributed by atoms with E-state index in [0.717, 1.165) is 11.1 Å². The third-order valence-electron chi connectivity index (χ3n) is 3.13. The van der Waals surface area contributed by atoms with Crippen LogP contribution >= 0.6 is 0 Å². The van der Waals surface area contributed by atoms with Crippen LogP contribution in [0.15, 0.2) is 36.4 Å². The topological polar surface area (TPSA) is 45.0 Å². The van der Waals surface area contributed by atoms with Gasteiger partial charge in [-0.3, -0.25) is 5.32 Å². The molecule has 0 spiro atoms. The molecule has 0 atom stereocenters. The molecule has 0 fully saturated rings. The van der Waals surface area contributed by atoms with Gasteiger partial charge in [-0.1, -0.05) is 18.2 Å². The number of fused-ring (bicyclic) bond motifs is 1. The monoisotopic (exact) mass is 254 g/mol. The highest BCUT2D eigenvalue weighted by molar-refractivity contribution is 5.84. The molecule has 0 saturated carbocycles. The van der Waals surface area contributed by atoms with Crippen molar-refractivity contribution in [2.24, 2.45) is 0 Å². The van der Waals surface area contributed by atoms with E-state index < -0.39 is 5.54 Å². The van der Waals surface area contributed by atoms with Crippen LogP contribution < -0.4 is 10.1 Å². The maximum atomic E-state index is 8.98. The van der Waals surface area contributed by atoms with Gasteiger partial charge in [0.1, 0.15) is 11.3 Å². The van der Waals surface area contributed by atoms with Crippen LogP contribution in [-0.2, 0) is 6.54 Å². The number of nitrogens with one attached hydrogen (secondary N) is 1. The molecule has 0 aromatic heterocycles. The molecule has 0 aliphatic carbocycles. The molecule has 1 N–H and O–H groups in total. The zero-order valence-corrected chi connectivity index (χ0v) is 11.5. The zero-order chi connectivity index (χ0) is 13.9. The van der Waals surface area contributed by atoms with Crippen molar-refractivity contribution >= 4 is 10.8 Å². The predicted molar refractivity (Wildman–Crippen MR) is 77.0 cm³/mol. The summed E-state index contributed by atoms with van der Waals surface area (Å²) in [5.74, 6) is 0.865. The van der Waals surface area contributed by atoms with E-state index >= 15 is 0 Å². The van der Waals surface area contributed by atoms with Crippen molar-refractivity contribution in [1.82, 2.24) is 5.32 Å². The third kappa shape index (κ3) is 3.24. The lowest BCUT2D eigenvalue weighted by molar-refractivity contribution is 0.415. The Bertz CT molecular complexity index is 626. The van der Waals surface area contributed by atoms with Crippen molar-refractivity contribution in [2.75, 3.05) is 7.11 Å². The van der Waals surface area contributed by atoms with Gasteiger partial charge in [0.25, 0.3) is 0 Å². The Morgan fingerprint density at radius 1 is 1.16 bits per heavy atom. The summed E-state index contributed by atoms with van der Waals surface area (Å²) in [7, 11) is 1.67. The molecule has 0 unspecified atom stereocenters. The summed E-state index contributed by atoms with van der Waals surface area (Å²) >= 11 is 0. The number of hydrogen-bond acceptors (Lipinski definition) is 3. The molecule has 3 nitrogen and oxygen atoms in total. The van der Waals surface area contributed by atoms with Gasteiger partial charge in [0.2, 0.25) is 0 Å². The lowest BCUT2D eigenvalue weighted by Gasteiger charge is -2.17. The lowest BCUT2D eigenvalue weighted by atomic mass is 10.0. The summed E-state index contributed by atoms with van der Waals surface area (Å²) in [4.78, 5) is 0. The Labute approximate surface area is 113 Å². The van der Waals surface area contributed by atoms with Gasteiger partial charge >= 0.3 is 0 Å². The quantitative estimate of drug-likeness (QED) is 0.911. The molecule has 2 rings (SSSR count). The van der Waals surface area contributed by atoms with Crippen LogP contribution in [-0.4, -0.2) is 12.6 Å². The van der Waals surface area contributed by atoms with Crippen molar-refractivity contribution in [3.05, 3.63) is 42.0 Å². The standard InChI is InChI=1S/C16H18N2O/c1-16(2,11-17)18-10-12-4-5-14-9-15(19-3)7-6-13(14)8-12/h4-9,18H,10H2,1-3H3. The molecule has 0 saturated heterocycles. The second-order valence-corrected chi connectivity index (χ2v) is 5.14. The third-order valence-corrected chi connectivity index (χ3v) is 3.13. The minimum Gasteiger partial charge on any atom is -0.497 e. The normalized spacial score (nSPS) is 11.3. The first-order valence-corrected chi connectivity index (χ1v) is 6.27. The van der Waals surface area contributed by atoms with Gasteiger partial charge in [0.05, 0.1) is 13.2 Å². The Morgan fingerprint density at radius 2 is 1.84 bits per heavy atom. The van der Waals surface area contributed by atoms with E-state index in [2.05, 4.69) is 29.6 Å². The van der Waals surface area contributed by atoms with Gasteiger partial charge in [0.15, 0.2) is 0 Å². The van der Waals surface area contributed by atoms with Gasteiger partial charge in [-0.15, -0.1) is 0 Å². The van der Waals surface area contributed by atoms with Crippen LogP contribution in [0.4, 0.5) is 0 Å². The Balaban J connectivity index is 2.21. The van der Waals surface area contributed by atoms with E-state index in [1.165, 1.54) is 10.9 Å². The predicted octanol–water partition coefficient (Wildman–Crippen LogP) is 3.24. The summed E-state index contributed by atoms with van der Waals surface area (Å²) in [6.07, 6.45) is 0. The molecule has 0 radical (unpaired) electrons. The molecule has 98 valence electrons. The highest BCUT2D eigenvalue weighted by Gasteiger charge is 2.14. The number of benzene rings is 2. The number of nitriles is 1. The van der Waals surface area contributed by atoms with Crippen molar-refractivity contribution < 1.29 is 4.74 Å². The first-order valence-electron chi connectivity index (χ1n) is 6.27. The second-order valence-electron chi connectivity index (χ2n) is 5.14. The van der Waals surface area contributed by atoms with E-state index in [1.807, 2.05) is 32.0 Å². The highest BCUT2D eigenvalue weighted by atomic mass is 16.5. The molecule has 0 aliphatic heterocycles. The van der Waals surface area contributed by atoms with Gasteiger partial charge in [-0.2, -0.15) is 5.26 Å². The molecule has 0 heterocycles. The molecule has 0 bridgehead atoms. The molecule has 0 amide bonds. The average Bonchev–Trinajstić information content (AvgIpc) is 2.44. The van der Waals surface area contributed by atoms with Gasteiger partial charge in [0, 0.05) is 6.54 Å². The fourth-order valence-corrected chi connectivity index (χ4v) is 1.87. The van der Waals surface area contributed by atoms with E-state index in [1.54, 1.807) is 7.11 Å². The smallest absolute Gasteiger partial charge is 0.119 e. The fraction of sp³-hybridized carbons (Fsp3) is 0.312. The highest BCUT2D eigenvalue weighted by Crippen LogP contribution is 2.22. The fourth-order valence-electron chi connectivity index (χ4n) is 1.87. The first kappa shape index (κ1) is 13.4.